The van der Waals surface area contributed by atoms with Crippen LogP contribution in [0.5, 0.6) is 5.75 Å². The summed E-state index contributed by atoms with van der Waals surface area (Å²) >= 11 is 0. The molecule has 0 unspecified atom stereocenters. The molecule has 0 bridgehead atoms. The minimum Gasteiger partial charge on any atom is -0.494 e. The molecule has 3 N–H and O–H groups in total. The smallest absolute Gasteiger partial charge is 0.322 e. The monoisotopic (exact) mass is 284 g/mol. The van der Waals surface area contributed by atoms with Crippen LogP contribution in [0, 0.1) is 5.82 Å². The normalized spacial score (nSPS) is 9.70. The summed E-state index contributed by atoms with van der Waals surface area (Å²) in [6.45, 7) is -0.939. The van der Waals surface area contributed by atoms with Gasteiger partial charge >= 0.3 is 5.97 Å². The maximum absolute atomic E-state index is 13.4. The Labute approximate surface area is 113 Å². The lowest BCUT2D eigenvalue weighted by Gasteiger charge is -2.07. The molecular formula is C12H13FN2O5. The zero-order chi connectivity index (χ0) is 15.1. The summed E-state index contributed by atoms with van der Waals surface area (Å²) < 4.78 is 18.1. The Morgan fingerprint density at radius 2 is 1.95 bits per heavy atom. The van der Waals surface area contributed by atoms with Gasteiger partial charge in [0.25, 0.3) is 5.91 Å². The summed E-state index contributed by atoms with van der Waals surface area (Å²) in [6.07, 6.45) is 0. The first-order valence-corrected chi connectivity index (χ1v) is 5.54. The van der Waals surface area contributed by atoms with E-state index in [-0.39, 0.29) is 11.3 Å². The van der Waals surface area contributed by atoms with Crippen molar-refractivity contribution in [1.29, 1.82) is 0 Å². The largest absolute Gasteiger partial charge is 0.494 e. The van der Waals surface area contributed by atoms with Gasteiger partial charge in [-0.3, -0.25) is 14.4 Å². The molecule has 0 aliphatic carbocycles. The van der Waals surface area contributed by atoms with Gasteiger partial charge in [0.1, 0.15) is 6.54 Å². The molecule has 108 valence electrons. The number of carboxylic acid groups (broad SMARTS) is 1. The average molecular weight is 284 g/mol. The van der Waals surface area contributed by atoms with Gasteiger partial charge in [0, 0.05) is 5.56 Å². The fourth-order valence-corrected chi connectivity index (χ4v) is 1.31. The first-order chi connectivity index (χ1) is 9.43. The number of rotatable bonds is 6. The van der Waals surface area contributed by atoms with Crippen molar-refractivity contribution < 1.29 is 28.6 Å². The van der Waals surface area contributed by atoms with Gasteiger partial charge in [-0.25, -0.2) is 4.39 Å². The van der Waals surface area contributed by atoms with E-state index in [1.165, 1.54) is 19.2 Å². The van der Waals surface area contributed by atoms with Crippen molar-refractivity contribution in [2.24, 2.45) is 0 Å². The van der Waals surface area contributed by atoms with E-state index in [2.05, 4.69) is 10.6 Å². The number of carboxylic acids is 1. The van der Waals surface area contributed by atoms with Gasteiger partial charge in [-0.05, 0) is 18.2 Å². The number of halogens is 1. The van der Waals surface area contributed by atoms with Crippen LogP contribution >= 0.6 is 0 Å². The molecule has 0 radical (unpaired) electrons. The Morgan fingerprint density at radius 1 is 1.25 bits per heavy atom. The second-order valence-electron chi connectivity index (χ2n) is 3.70. The fraction of sp³-hybridized carbons (Fsp3) is 0.250. The summed E-state index contributed by atoms with van der Waals surface area (Å²) in [4.78, 5) is 33.0. The minimum atomic E-state index is -1.19. The number of carbonyl (C=O) groups is 3. The lowest BCUT2D eigenvalue weighted by Crippen LogP contribution is -2.39. The minimum absolute atomic E-state index is 0.000696. The predicted molar refractivity (Wildman–Crippen MR) is 65.9 cm³/mol. The van der Waals surface area contributed by atoms with Crippen molar-refractivity contribution in [1.82, 2.24) is 10.6 Å². The molecule has 20 heavy (non-hydrogen) atoms. The van der Waals surface area contributed by atoms with E-state index in [0.717, 1.165) is 6.07 Å². The van der Waals surface area contributed by atoms with Crippen LogP contribution in [0.3, 0.4) is 0 Å². The molecule has 0 aromatic heterocycles. The van der Waals surface area contributed by atoms with Crippen molar-refractivity contribution in [3.05, 3.63) is 29.6 Å². The van der Waals surface area contributed by atoms with Crippen LogP contribution in [-0.2, 0) is 9.59 Å². The highest BCUT2D eigenvalue weighted by Gasteiger charge is 2.11. The zero-order valence-corrected chi connectivity index (χ0v) is 10.6. The van der Waals surface area contributed by atoms with Gasteiger partial charge in [-0.2, -0.15) is 0 Å². The first kappa shape index (κ1) is 15.4. The molecule has 1 aromatic rings. The van der Waals surface area contributed by atoms with Crippen molar-refractivity contribution in [2.75, 3.05) is 20.2 Å². The first-order valence-electron chi connectivity index (χ1n) is 5.54. The third kappa shape index (κ3) is 4.56. The molecular weight excluding hydrogens is 271 g/mol. The van der Waals surface area contributed by atoms with E-state index in [4.69, 9.17) is 9.84 Å². The predicted octanol–water partition coefficient (Wildman–Crippen LogP) is -0.235. The number of nitrogens with one attached hydrogen (secondary N) is 2. The molecule has 7 nitrogen and oxygen atoms in total. The maximum Gasteiger partial charge on any atom is 0.322 e. The molecule has 0 saturated heterocycles. The molecule has 0 heterocycles. The molecule has 0 spiro atoms. The number of carbonyl (C=O) groups excluding carboxylic acids is 2. The molecule has 0 aliphatic rings. The Morgan fingerprint density at radius 3 is 2.50 bits per heavy atom. The van der Waals surface area contributed by atoms with Crippen LogP contribution in [0.2, 0.25) is 0 Å². The molecule has 1 aromatic carbocycles. The Bertz CT molecular complexity index is 533. The third-order valence-electron chi connectivity index (χ3n) is 2.26. The number of methoxy groups -OCH3 is 1. The number of hydrogen-bond acceptors (Lipinski definition) is 4. The number of aliphatic carboxylic acids is 1. The number of amides is 2. The number of hydrogen-bond donors (Lipinski definition) is 3. The number of ether oxygens (including phenoxy) is 1. The summed E-state index contributed by atoms with van der Waals surface area (Å²) in [6, 6.07) is 3.60. The lowest BCUT2D eigenvalue weighted by atomic mass is 10.2. The second kappa shape index (κ2) is 7.07. The van der Waals surface area contributed by atoms with E-state index < -0.39 is 36.7 Å². The fourth-order valence-electron chi connectivity index (χ4n) is 1.31. The lowest BCUT2D eigenvalue weighted by molar-refractivity contribution is -0.137. The van der Waals surface area contributed by atoms with Gasteiger partial charge in [-0.1, -0.05) is 0 Å². The van der Waals surface area contributed by atoms with E-state index in [9.17, 15) is 18.8 Å². The average Bonchev–Trinajstić information content (AvgIpc) is 2.42. The molecule has 0 fully saturated rings. The maximum atomic E-state index is 13.4. The summed E-state index contributed by atoms with van der Waals surface area (Å²) in [5.74, 6) is -3.20. The highest BCUT2D eigenvalue weighted by molar-refractivity contribution is 5.96. The highest BCUT2D eigenvalue weighted by Crippen LogP contribution is 2.17. The van der Waals surface area contributed by atoms with Gasteiger partial charge in [-0.15, -0.1) is 0 Å². The highest BCUT2D eigenvalue weighted by atomic mass is 19.1. The molecule has 8 heteroatoms. The third-order valence-corrected chi connectivity index (χ3v) is 2.26. The van der Waals surface area contributed by atoms with Crippen LogP contribution in [0.25, 0.3) is 0 Å². The Hall–Kier alpha value is -2.64. The zero-order valence-electron chi connectivity index (χ0n) is 10.6. The standard InChI is InChI=1S/C12H13FN2O5/c1-20-9-3-2-7(4-8(9)13)12(19)15-5-10(16)14-6-11(17)18/h2-4H,5-6H2,1H3,(H,14,16)(H,15,19)(H,17,18). The van der Waals surface area contributed by atoms with E-state index >= 15 is 0 Å². The molecule has 0 saturated carbocycles. The molecule has 2 amide bonds. The van der Waals surface area contributed by atoms with E-state index in [0.29, 0.717) is 0 Å². The van der Waals surface area contributed by atoms with Gasteiger partial charge < -0.3 is 20.5 Å². The Balaban J connectivity index is 2.52. The summed E-state index contributed by atoms with van der Waals surface area (Å²) in [5.41, 5.74) is 0.0225. The van der Waals surface area contributed by atoms with Crippen LogP contribution in [0.4, 0.5) is 4.39 Å². The van der Waals surface area contributed by atoms with E-state index in [1.54, 1.807) is 0 Å². The van der Waals surface area contributed by atoms with Gasteiger partial charge in [0.15, 0.2) is 11.6 Å². The van der Waals surface area contributed by atoms with Crippen LogP contribution in [0.15, 0.2) is 18.2 Å². The Kier molecular flexibility index (Phi) is 5.45. The van der Waals surface area contributed by atoms with Crippen LogP contribution in [-0.4, -0.2) is 43.1 Å². The van der Waals surface area contributed by atoms with Crippen molar-refractivity contribution >= 4 is 17.8 Å². The molecule has 0 atom stereocenters. The summed E-state index contributed by atoms with van der Waals surface area (Å²) in [7, 11) is 1.30. The van der Waals surface area contributed by atoms with Gasteiger partial charge in [0.2, 0.25) is 5.91 Å². The molecule has 1 rings (SSSR count). The second-order valence-corrected chi connectivity index (χ2v) is 3.70. The SMILES string of the molecule is COc1ccc(C(=O)NCC(=O)NCC(=O)O)cc1F. The van der Waals surface area contributed by atoms with Gasteiger partial charge in [0.05, 0.1) is 13.7 Å². The van der Waals surface area contributed by atoms with Crippen molar-refractivity contribution in [2.45, 2.75) is 0 Å². The quantitative estimate of drug-likeness (QED) is 0.669. The van der Waals surface area contributed by atoms with Crippen LogP contribution in [0.1, 0.15) is 10.4 Å². The van der Waals surface area contributed by atoms with Crippen LogP contribution < -0.4 is 15.4 Å². The van der Waals surface area contributed by atoms with E-state index in [1.807, 2.05) is 0 Å². The van der Waals surface area contributed by atoms with Crippen molar-refractivity contribution in [3.8, 4) is 5.75 Å². The number of benzene rings is 1. The summed E-state index contributed by atoms with van der Waals surface area (Å²) in [5, 5.41) is 12.6. The molecule has 0 aliphatic heterocycles. The topological polar surface area (TPSA) is 105 Å². The van der Waals surface area contributed by atoms with Crippen molar-refractivity contribution in [3.63, 3.8) is 0 Å².